The third kappa shape index (κ3) is 4.75. The Morgan fingerprint density at radius 1 is 1.19 bits per heavy atom. The number of hydrogen-bond donors (Lipinski definition) is 2. The smallest absolute Gasteiger partial charge is 0.243 e. The fourth-order valence-electron chi connectivity index (χ4n) is 3.06. The third-order valence-electron chi connectivity index (χ3n) is 4.68. The highest BCUT2D eigenvalue weighted by Crippen LogP contribution is 2.24. The molecule has 1 amide bonds. The molecule has 0 saturated heterocycles. The molecule has 0 atom stereocenters. The summed E-state index contributed by atoms with van der Waals surface area (Å²) in [7, 11) is -3.58. The average molecular weight is 393 g/mol. The third-order valence-corrected chi connectivity index (χ3v) is 6.87. The van der Waals surface area contributed by atoms with Gasteiger partial charge in [-0.2, -0.15) is 9.40 Å². The summed E-state index contributed by atoms with van der Waals surface area (Å²) in [6.07, 6.45) is 0.879. The lowest BCUT2D eigenvalue weighted by molar-refractivity contribution is -0.116. The van der Waals surface area contributed by atoms with Crippen LogP contribution >= 0.6 is 0 Å². The van der Waals surface area contributed by atoms with Gasteiger partial charge in [-0.1, -0.05) is 19.9 Å². The molecular weight excluding hydrogens is 364 g/mol. The van der Waals surface area contributed by atoms with Crippen molar-refractivity contribution in [1.29, 1.82) is 0 Å². The average Bonchev–Trinajstić information content (AvgIpc) is 2.93. The molecule has 1 aromatic heterocycles. The Balaban J connectivity index is 2.15. The van der Waals surface area contributed by atoms with Gasteiger partial charge in [-0.15, -0.1) is 0 Å². The molecule has 148 valence electrons. The molecule has 1 aromatic carbocycles. The number of anilines is 1. The van der Waals surface area contributed by atoms with E-state index in [1.165, 1.54) is 10.4 Å². The molecule has 2 aromatic rings. The maximum atomic E-state index is 12.8. The van der Waals surface area contributed by atoms with E-state index in [0.29, 0.717) is 37.2 Å². The van der Waals surface area contributed by atoms with E-state index in [1.54, 1.807) is 19.1 Å². The van der Waals surface area contributed by atoms with Gasteiger partial charge in [-0.25, -0.2) is 8.42 Å². The molecular formula is C19H28N4O3S. The van der Waals surface area contributed by atoms with E-state index < -0.39 is 10.0 Å². The van der Waals surface area contributed by atoms with Crippen molar-refractivity contribution in [3.8, 4) is 0 Å². The van der Waals surface area contributed by atoms with Crippen LogP contribution in [0.25, 0.3) is 0 Å². The quantitative estimate of drug-likeness (QED) is 0.722. The minimum Gasteiger partial charge on any atom is -0.326 e. The van der Waals surface area contributed by atoms with Crippen LogP contribution in [0.1, 0.15) is 42.8 Å². The fraction of sp³-hybridized carbons (Fsp3) is 0.474. The van der Waals surface area contributed by atoms with Crippen LogP contribution in [0.3, 0.4) is 0 Å². The molecule has 7 nitrogen and oxygen atoms in total. The number of carbonyl (C=O) groups excluding carboxylic acids is 1. The maximum absolute atomic E-state index is 12.8. The highest BCUT2D eigenvalue weighted by Gasteiger charge is 2.24. The van der Waals surface area contributed by atoms with Crippen molar-refractivity contribution in [2.45, 2.75) is 52.4 Å². The lowest BCUT2D eigenvalue weighted by Crippen LogP contribution is -2.31. The number of aryl methyl sites for hydroxylation is 3. The van der Waals surface area contributed by atoms with E-state index in [1.807, 2.05) is 27.7 Å². The van der Waals surface area contributed by atoms with Crippen molar-refractivity contribution in [2.75, 3.05) is 18.4 Å². The lowest BCUT2D eigenvalue weighted by Gasteiger charge is -2.20. The van der Waals surface area contributed by atoms with Crippen molar-refractivity contribution in [1.82, 2.24) is 14.5 Å². The van der Waals surface area contributed by atoms with Gasteiger partial charge in [0.25, 0.3) is 0 Å². The number of nitrogens with zero attached hydrogens (tertiary/aromatic N) is 2. The van der Waals surface area contributed by atoms with Crippen molar-refractivity contribution in [3.05, 3.63) is 40.7 Å². The van der Waals surface area contributed by atoms with Crippen LogP contribution in [0, 0.1) is 20.8 Å². The molecule has 0 radical (unpaired) electrons. The number of aromatic nitrogens is 2. The zero-order valence-corrected chi connectivity index (χ0v) is 17.4. The van der Waals surface area contributed by atoms with E-state index in [9.17, 15) is 13.2 Å². The maximum Gasteiger partial charge on any atom is 0.243 e. The van der Waals surface area contributed by atoms with E-state index in [2.05, 4.69) is 15.5 Å². The van der Waals surface area contributed by atoms with Gasteiger partial charge in [0.2, 0.25) is 15.9 Å². The number of sulfonamides is 1. The molecule has 0 bridgehead atoms. The van der Waals surface area contributed by atoms with Crippen LogP contribution in [0.15, 0.2) is 23.1 Å². The number of H-pyrrole nitrogens is 1. The van der Waals surface area contributed by atoms with Gasteiger partial charge in [0, 0.05) is 30.9 Å². The Labute approximate surface area is 161 Å². The van der Waals surface area contributed by atoms with Gasteiger partial charge in [0.05, 0.1) is 10.6 Å². The number of carbonyl (C=O) groups is 1. The molecule has 8 heteroatoms. The zero-order valence-electron chi connectivity index (χ0n) is 16.6. The molecule has 1 heterocycles. The van der Waals surface area contributed by atoms with E-state index in [4.69, 9.17) is 0 Å². The Morgan fingerprint density at radius 2 is 1.85 bits per heavy atom. The SMILES string of the molecule is CCN(CC)S(=O)(=O)c1cc(NC(=O)CCc2c(C)n[nH]c2C)ccc1C. The highest BCUT2D eigenvalue weighted by molar-refractivity contribution is 7.89. The number of amides is 1. The lowest BCUT2D eigenvalue weighted by atomic mass is 10.1. The van der Waals surface area contributed by atoms with Crippen LogP contribution in [-0.2, 0) is 21.2 Å². The van der Waals surface area contributed by atoms with Crippen molar-refractivity contribution in [2.24, 2.45) is 0 Å². The summed E-state index contributed by atoms with van der Waals surface area (Å²) in [6.45, 7) is 10.0. The number of benzene rings is 1. The fourth-order valence-corrected chi connectivity index (χ4v) is 4.77. The number of hydrogen-bond acceptors (Lipinski definition) is 4. The summed E-state index contributed by atoms with van der Waals surface area (Å²) in [5.74, 6) is -0.162. The number of rotatable bonds is 8. The second-order valence-electron chi connectivity index (χ2n) is 6.53. The molecule has 0 saturated carbocycles. The second-order valence-corrected chi connectivity index (χ2v) is 8.44. The first kappa shape index (κ1) is 21.1. The Morgan fingerprint density at radius 3 is 2.41 bits per heavy atom. The van der Waals surface area contributed by atoms with E-state index >= 15 is 0 Å². The molecule has 0 aliphatic heterocycles. The van der Waals surface area contributed by atoms with Crippen molar-refractivity contribution >= 4 is 21.6 Å². The monoisotopic (exact) mass is 392 g/mol. The molecule has 0 unspecified atom stereocenters. The first-order chi connectivity index (χ1) is 12.7. The Bertz CT molecular complexity index is 896. The van der Waals surface area contributed by atoms with Gasteiger partial charge in [0.15, 0.2) is 0 Å². The van der Waals surface area contributed by atoms with Gasteiger partial charge >= 0.3 is 0 Å². The topological polar surface area (TPSA) is 95.2 Å². The second kappa shape index (κ2) is 8.67. The molecule has 27 heavy (non-hydrogen) atoms. The van der Waals surface area contributed by atoms with Crippen LogP contribution in [0.4, 0.5) is 5.69 Å². The van der Waals surface area contributed by atoms with E-state index in [-0.39, 0.29) is 10.8 Å². The Kier molecular flexibility index (Phi) is 6.78. The van der Waals surface area contributed by atoms with Gasteiger partial charge in [-0.05, 0) is 50.5 Å². The van der Waals surface area contributed by atoms with Crippen LogP contribution in [0.2, 0.25) is 0 Å². The predicted molar refractivity (Wildman–Crippen MR) is 106 cm³/mol. The molecule has 2 N–H and O–H groups in total. The van der Waals surface area contributed by atoms with Crippen molar-refractivity contribution in [3.63, 3.8) is 0 Å². The molecule has 0 fully saturated rings. The number of aromatic amines is 1. The first-order valence-electron chi connectivity index (χ1n) is 9.11. The van der Waals surface area contributed by atoms with Crippen LogP contribution in [-0.4, -0.2) is 41.9 Å². The molecule has 2 rings (SSSR count). The largest absolute Gasteiger partial charge is 0.326 e. The molecule has 0 aliphatic carbocycles. The highest BCUT2D eigenvalue weighted by atomic mass is 32.2. The Hall–Kier alpha value is -2.19. The van der Waals surface area contributed by atoms with Crippen LogP contribution < -0.4 is 5.32 Å². The van der Waals surface area contributed by atoms with Crippen molar-refractivity contribution < 1.29 is 13.2 Å². The first-order valence-corrected chi connectivity index (χ1v) is 10.6. The summed E-state index contributed by atoms with van der Waals surface area (Å²) in [4.78, 5) is 12.5. The standard InChI is InChI=1S/C19H28N4O3S/c1-6-23(7-2)27(25,26)18-12-16(9-8-13(18)3)20-19(24)11-10-17-14(4)21-22-15(17)5/h8-9,12H,6-7,10-11H2,1-5H3,(H,20,24)(H,21,22). The van der Waals surface area contributed by atoms with Crippen LogP contribution in [0.5, 0.6) is 0 Å². The van der Waals surface area contributed by atoms with Gasteiger partial charge in [-0.3, -0.25) is 9.89 Å². The minimum absolute atomic E-state index is 0.162. The summed E-state index contributed by atoms with van der Waals surface area (Å²) in [6, 6.07) is 4.98. The summed E-state index contributed by atoms with van der Waals surface area (Å²) in [5, 5.41) is 9.85. The zero-order chi connectivity index (χ0) is 20.2. The van der Waals surface area contributed by atoms with Gasteiger partial charge < -0.3 is 5.32 Å². The normalized spacial score (nSPS) is 11.8. The summed E-state index contributed by atoms with van der Waals surface area (Å²) >= 11 is 0. The summed E-state index contributed by atoms with van der Waals surface area (Å²) in [5.41, 5.74) is 4.03. The summed E-state index contributed by atoms with van der Waals surface area (Å²) < 4.78 is 27.0. The molecule has 0 spiro atoms. The number of nitrogens with one attached hydrogen (secondary N) is 2. The van der Waals surface area contributed by atoms with E-state index in [0.717, 1.165) is 17.0 Å². The predicted octanol–water partition coefficient (Wildman–Crippen LogP) is 2.94. The van der Waals surface area contributed by atoms with Gasteiger partial charge in [0.1, 0.15) is 0 Å². The molecule has 0 aliphatic rings. The minimum atomic E-state index is -3.58.